The van der Waals surface area contributed by atoms with Crippen LogP contribution in [0.15, 0.2) is 42.6 Å². The summed E-state index contributed by atoms with van der Waals surface area (Å²) >= 11 is 0. The molecule has 1 saturated heterocycles. The van der Waals surface area contributed by atoms with Gasteiger partial charge in [0, 0.05) is 24.8 Å². The molecule has 0 spiro atoms. The van der Waals surface area contributed by atoms with Crippen molar-refractivity contribution in [2.45, 2.75) is 12.8 Å². The number of rotatable bonds is 2. The van der Waals surface area contributed by atoms with E-state index in [1.54, 1.807) is 12.3 Å². The SMILES string of the molecule is O=C(c1ccn[c]c1-c1ccccc1)N1CCCC1. The van der Waals surface area contributed by atoms with Crippen LogP contribution in [-0.2, 0) is 0 Å². The fourth-order valence-electron chi connectivity index (χ4n) is 2.45. The van der Waals surface area contributed by atoms with Gasteiger partial charge in [0.05, 0.1) is 11.8 Å². The van der Waals surface area contributed by atoms with E-state index in [0.717, 1.165) is 37.1 Å². The van der Waals surface area contributed by atoms with Crippen LogP contribution in [0.1, 0.15) is 23.2 Å². The second kappa shape index (κ2) is 5.22. The zero-order valence-corrected chi connectivity index (χ0v) is 10.7. The topological polar surface area (TPSA) is 33.2 Å². The minimum Gasteiger partial charge on any atom is -0.339 e. The number of aromatic nitrogens is 1. The molecule has 0 aliphatic carbocycles. The van der Waals surface area contributed by atoms with Gasteiger partial charge >= 0.3 is 0 Å². The van der Waals surface area contributed by atoms with Gasteiger partial charge in [0.25, 0.3) is 5.91 Å². The average molecular weight is 251 g/mol. The minimum atomic E-state index is 0.0926. The molecule has 3 rings (SSSR count). The number of pyridine rings is 1. The molecule has 0 bridgehead atoms. The molecule has 19 heavy (non-hydrogen) atoms. The van der Waals surface area contributed by atoms with E-state index in [4.69, 9.17) is 0 Å². The van der Waals surface area contributed by atoms with Crippen LogP contribution in [0.5, 0.6) is 0 Å². The first kappa shape index (κ1) is 11.9. The van der Waals surface area contributed by atoms with Crippen molar-refractivity contribution in [3.05, 3.63) is 54.4 Å². The molecule has 0 atom stereocenters. The summed E-state index contributed by atoms with van der Waals surface area (Å²) in [6.45, 7) is 1.71. The molecule has 1 aliphatic rings. The van der Waals surface area contributed by atoms with Crippen LogP contribution in [0.25, 0.3) is 11.1 Å². The number of carbonyl (C=O) groups excluding carboxylic acids is 1. The number of hydrogen-bond donors (Lipinski definition) is 0. The number of likely N-dealkylation sites (tertiary alicyclic amines) is 1. The molecule has 1 aliphatic heterocycles. The molecule has 1 aromatic heterocycles. The van der Waals surface area contributed by atoms with Gasteiger partial charge in [0.15, 0.2) is 0 Å². The van der Waals surface area contributed by atoms with Gasteiger partial charge in [-0.15, -0.1) is 0 Å². The summed E-state index contributed by atoms with van der Waals surface area (Å²) in [6, 6.07) is 11.6. The van der Waals surface area contributed by atoms with Crippen LogP contribution in [0.4, 0.5) is 0 Å². The Bertz CT molecular complexity index is 574. The number of hydrogen-bond acceptors (Lipinski definition) is 2. The van der Waals surface area contributed by atoms with E-state index in [9.17, 15) is 4.79 Å². The van der Waals surface area contributed by atoms with Gasteiger partial charge < -0.3 is 4.90 Å². The van der Waals surface area contributed by atoms with Crippen molar-refractivity contribution < 1.29 is 4.79 Å². The Morgan fingerprint density at radius 2 is 1.84 bits per heavy atom. The van der Waals surface area contributed by atoms with Gasteiger partial charge in [0.2, 0.25) is 0 Å². The smallest absolute Gasteiger partial charge is 0.254 e. The van der Waals surface area contributed by atoms with Gasteiger partial charge in [-0.3, -0.25) is 9.78 Å². The second-order valence-electron chi connectivity index (χ2n) is 4.71. The van der Waals surface area contributed by atoms with Gasteiger partial charge in [-0.2, -0.15) is 0 Å². The number of amides is 1. The van der Waals surface area contributed by atoms with Crippen molar-refractivity contribution in [3.63, 3.8) is 0 Å². The molecule has 0 saturated carbocycles. The lowest BCUT2D eigenvalue weighted by atomic mass is 10.0. The van der Waals surface area contributed by atoms with E-state index in [1.165, 1.54) is 0 Å². The Morgan fingerprint density at radius 1 is 1.11 bits per heavy atom. The zero-order chi connectivity index (χ0) is 13.1. The average Bonchev–Trinajstić information content (AvgIpc) is 3.02. The molecular formula is C16H15N2O. The Hall–Kier alpha value is -2.16. The maximum absolute atomic E-state index is 12.5. The molecular weight excluding hydrogens is 236 g/mol. The Labute approximate surface area is 112 Å². The number of carbonyl (C=O) groups is 1. The largest absolute Gasteiger partial charge is 0.339 e. The van der Waals surface area contributed by atoms with Crippen molar-refractivity contribution in [3.8, 4) is 11.1 Å². The normalized spacial score (nSPS) is 14.6. The summed E-state index contributed by atoms with van der Waals surface area (Å²) in [5, 5.41) is 0. The van der Waals surface area contributed by atoms with Crippen LogP contribution in [0, 0.1) is 6.20 Å². The van der Waals surface area contributed by atoms with Crippen molar-refractivity contribution >= 4 is 5.91 Å². The Kier molecular flexibility index (Phi) is 3.27. The first-order chi connectivity index (χ1) is 9.36. The zero-order valence-electron chi connectivity index (χ0n) is 10.7. The summed E-state index contributed by atoms with van der Waals surface area (Å²) in [4.78, 5) is 18.5. The molecule has 0 unspecified atom stereocenters. The highest BCUT2D eigenvalue weighted by atomic mass is 16.2. The minimum absolute atomic E-state index is 0.0926. The van der Waals surface area contributed by atoms with Gasteiger partial charge in [0.1, 0.15) is 0 Å². The fraction of sp³-hybridized carbons (Fsp3) is 0.250. The third kappa shape index (κ3) is 2.36. The van der Waals surface area contributed by atoms with Crippen LogP contribution in [-0.4, -0.2) is 28.9 Å². The molecule has 0 N–H and O–H groups in total. The van der Waals surface area contributed by atoms with Crippen LogP contribution < -0.4 is 0 Å². The molecule has 1 radical (unpaired) electrons. The van der Waals surface area contributed by atoms with Gasteiger partial charge in [-0.1, -0.05) is 30.3 Å². The summed E-state index contributed by atoms with van der Waals surface area (Å²) in [6.07, 6.45) is 6.79. The maximum atomic E-state index is 12.5. The number of benzene rings is 1. The van der Waals surface area contributed by atoms with E-state index in [-0.39, 0.29) is 5.91 Å². The van der Waals surface area contributed by atoms with Crippen molar-refractivity contribution in [1.29, 1.82) is 0 Å². The van der Waals surface area contributed by atoms with E-state index in [1.807, 2.05) is 35.2 Å². The van der Waals surface area contributed by atoms with Crippen LogP contribution in [0.2, 0.25) is 0 Å². The predicted octanol–water partition coefficient (Wildman–Crippen LogP) is 2.78. The first-order valence-electron chi connectivity index (χ1n) is 6.57. The molecule has 1 aromatic carbocycles. The molecule has 3 nitrogen and oxygen atoms in total. The van der Waals surface area contributed by atoms with Gasteiger partial charge in [-0.05, 0) is 24.5 Å². The molecule has 95 valence electrons. The Morgan fingerprint density at radius 3 is 2.58 bits per heavy atom. The summed E-state index contributed by atoms with van der Waals surface area (Å²) in [5.41, 5.74) is 2.47. The standard InChI is InChI=1S/C16H15N2O/c19-16(18-10-4-5-11-18)14-8-9-17-12-15(14)13-6-2-1-3-7-13/h1-3,6-9H,4-5,10-11H2. The highest BCUT2D eigenvalue weighted by Gasteiger charge is 2.22. The lowest BCUT2D eigenvalue weighted by Gasteiger charge is -2.17. The summed E-state index contributed by atoms with van der Waals surface area (Å²) in [7, 11) is 0. The monoisotopic (exact) mass is 251 g/mol. The number of nitrogens with zero attached hydrogens (tertiary/aromatic N) is 2. The second-order valence-corrected chi connectivity index (χ2v) is 4.71. The molecule has 3 heteroatoms. The first-order valence-corrected chi connectivity index (χ1v) is 6.57. The highest BCUT2D eigenvalue weighted by Crippen LogP contribution is 2.24. The molecule has 1 fully saturated rings. The summed E-state index contributed by atoms with van der Waals surface area (Å²) < 4.78 is 0. The molecule has 2 aromatic rings. The molecule has 1 amide bonds. The van der Waals surface area contributed by atoms with Crippen LogP contribution >= 0.6 is 0 Å². The highest BCUT2D eigenvalue weighted by molar-refractivity contribution is 6.00. The third-order valence-corrected chi connectivity index (χ3v) is 3.45. The quantitative estimate of drug-likeness (QED) is 0.822. The van der Waals surface area contributed by atoms with E-state index in [0.29, 0.717) is 5.56 Å². The van der Waals surface area contributed by atoms with Crippen molar-refractivity contribution in [2.75, 3.05) is 13.1 Å². The third-order valence-electron chi connectivity index (χ3n) is 3.45. The van der Waals surface area contributed by atoms with Crippen molar-refractivity contribution in [1.82, 2.24) is 9.88 Å². The Balaban J connectivity index is 2.00. The van der Waals surface area contributed by atoms with E-state index >= 15 is 0 Å². The fourth-order valence-corrected chi connectivity index (χ4v) is 2.45. The van der Waals surface area contributed by atoms with E-state index in [2.05, 4.69) is 11.2 Å². The van der Waals surface area contributed by atoms with E-state index < -0.39 is 0 Å². The van der Waals surface area contributed by atoms with Gasteiger partial charge in [-0.25, -0.2) is 0 Å². The predicted molar refractivity (Wildman–Crippen MR) is 73.6 cm³/mol. The lowest BCUT2D eigenvalue weighted by molar-refractivity contribution is 0.0793. The molecule has 2 heterocycles. The van der Waals surface area contributed by atoms with Crippen LogP contribution in [0.3, 0.4) is 0 Å². The summed E-state index contributed by atoms with van der Waals surface area (Å²) in [5.74, 6) is 0.0926. The lowest BCUT2D eigenvalue weighted by Crippen LogP contribution is -2.28. The van der Waals surface area contributed by atoms with Crippen molar-refractivity contribution in [2.24, 2.45) is 0 Å². The maximum Gasteiger partial charge on any atom is 0.254 e.